The van der Waals surface area contributed by atoms with Gasteiger partial charge in [0, 0.05) is 5.41 Å². The van der Waals surface area contributed by atoms with Crippen molar-refractivity contribution >= 4 is 0 Å². The molecule has 0 aromatic rings. The molecule has 0 spiro atoms. The van der Waals surface area contributed by atoms with Crippen LogP contribution >= 0.6 is 0 Å². The third-order valence-electron chi connectivity index (χ3n) is 3.51. The molecule has 1 nitrogen and oxygen atoms in total. The van der Waals surface area contributed by atoms with Crippen molar-refractivity contribution in [3.63, 3.8) is 0 Å². The highest BCUT2D eigenvalue weighted by Gasteiger charge is 2.60. The van der Waals surface area contributed by atoms with Crippen LogP contribution < -0.4 is 0 Å². The summed E-state index contributed by atoms with van der Waals surface area (Å²) in [5.74, 6) is 0. The third kappa shape index (κ3) is 3.12. The zero-order valence-corrected chi connectivity index (χ0v) is 10.6. The molecule has 0 aromatic carbocycles. The first kappa shape index (κ1) is 15.8. The zero-order valence-electron chi connectivity index (χ0n) is 10.6. The van der Waals surface area contributed by atoms with Crippen molar-refractivity contribution in [1.82, 2.24) is 0 Å². The Morgan fingerprint density at radius 2 is 1.50 bits per heavy atom. The van der Waals surface area contributed by atoms with Gasteiger partial charge in [-0.15, -0.1) is 0 Å². The maximum atomic E-state index is 12.9. The van der Waals surface area contributed by atoms with Gasteiger partial charge < -0.3 is 5.11 Å². The summed E-state index contributed by atoms with van der Waals surface area (Å²) in [6, 6.07) is 0. The molecule has 1 unspecified atom stereocenters. The van der Waals surface area contributed by atoms with Crippen molar-refractivity contribution in [2.24, 2.45) is 5.41 Å². The van der Waals surface area contributed by atoms with Crippen molar-refractivity contribution in [1.29, 1.82) is 0 Å². The van der Waals surface area contributed by atoms with Crippen LogP contribution in [-0.2, 0) is 0 Å². The van der Waals surface area contributed by atoms with E-state index in [2.05, 4.69) is 0 Å². The summed E-state index contributed by atoms with van der Waals surface area (Å²) in [5, 5.41) is 9.86. The van der Waals surface area contributed by atoms with Gasteiger partial charge in [0.2, 0.25) is 0 Å². The molecule has 0 aliphatic heterocycles. The van der Waals surface area contributed by atoms with Gasteiger partial charge in [0.15, 0.2) is 5.60 Å². The molecule has 0 rings (SSSR count). The smallest absolute Gasteiger partial charge is 0.380 e. The van der Waals surface area contributed by atoms with Gasteiger partial charge in [0.05, 0.1) is 0 Å². The Morgan fingerprint density at radius 1 is 1.00 bits per heavy atom. The van der Waals surface area contributed by atoms with Crippen LogP contribution in [0, 0.1) is 5.41 Å². The van der Waals surface area contributed by atoms with Crippen molar-refractivity contribution < 1.29 is 18.3 Å². The number of hydrogen-bond acceptors (Lipinski definition) is 1. The van der Waals surface area contributed by atoms with Gasteiger partial charge in [-0.05, 0) is 12.8 Å². The number of hydrogen-bond donors (Lipinski definition) is 1. The number of rotatable bonds is 6. The molecule has 0 saturated carbocycles. The first-order chi connectivity index (χ1) is 7.12. The van der Waals surface area contributed by atoms with Crippen molar-refractivity contribution in [3.05, 3.63) is 0 Å². The highest BCUT2D eigenvalue weighted by molar-refractivity contribution is 4.97. The molecule has 0 amide bonds. The molecule has 0 heterocycles. The Balaban J connectivity index is 4.79. The summed E-state index contributed by atoms with van der Waals surface area (Å²) < 4.78 is 38.6. The van der Waals surface area contributed by atoms with E-state index in [1.165, 1.54) is 20.8 Å². The van der Waals surface area contributed by atoms with E-state index in [-0.39, 0.29) is 6.42 Å². The standard InChI is InChI=1S/C12H23F3O/c1-5-7-8-9-10(3,4)11(16,6-2)12(13,14)15/h16H,5-9H2,1-4H3. The molecule has 0 saturated heterocycles. The Bertz CT molecular complexity index is 211. The fourth-order valence-corrected chi connectivity index (χ4v) is 2.09. The molecular formula is C12H23F3O. The van der Waals surface area contributed by atoms with E-state index in [4.69, 9.17) is 0 Å². The van der Waals surface area contributed by atoms with Crippen LogP contribution in [0.25, 0.3) is 0 Å². The fourth-order valence-electron chi connectivity index (χ4n) is 2.09. The summed E-state index contributed by atoms with van der Waals surface area (Å²) >= 11 is 0. The maximum Gasteiger partial charge on any atom is 0.417 e. The molecule has 0 bridgehead atoms. The predicted molar refractivity (Wildman–Crippen MR) is 59.2 cm³/mol. The van der Waals surface area contributed by atoms with Crippen LogP contribution in [0.4, 0.5) is 13.2 Å². The van der Waals surface area contributed by atoms with E-state index in [1.54, 1.807) is 0 Å². The second kappa shape index (κ2) is 5.39. The lowest BCUT2D eigenvalue weighted by Crippen LogP contribution is -2.55. The Hall–Kier alpha value is -0.250. The SMILES string of the molecule is CCCCCC(C)(C)C(O)(CC)C(F)(F)F. The van der Waals surface area contributed by atoms with Gasteiger partial charge in [-0.2, -0.15) is 13.2 Å². The highest BCUT2D eigenvalue weighted by atomic mass is 19.4. The molecular weight excluding hydrogens is 217 g/mol. The molecule has 4 heteroatoms. The molecule has 0 radical (unpaired) electrons. The maximum absolute atomic E-state index is 12.9. The van der Waals surface area contributed by atoms with E-state index < -0.39 is 17.2 Å². The average molecular weight is 240 g/mol. The minimum atomic E-state index is -4.56. The van der Waals surface area contributed by atoms with E-state index in [0.29, 0.717) is 6.42 Å². The summed E-state index contributed by atoms with van der Waals surface area (Å²) in [6.07, 6.45) is -1.87. The molecule has 0 aromatic heterocycles. The summed E-state index contributed by atoms with van der Waals surface area (Å²) in [4.78, 5) is 0. The van der Waals surface area contributed by atoms with Crippen LogP contribution in [0.2, 0.25) is 0 Å². The third-order valence-corrected chi connectivity index (χ3v) is 3.51. The topological polar surface area (TPSA) is 20.2 Å². The summed E-state index contributed by atoms with van der Waals surface area (Å²) in [7, 11) is 0. The summed E-state index contributed by atoms with van der Waals surface area (Å²) in [6.45, 7) is 6.39. The molecule has 0 aliphatic rings. The van der Waals surface area contributed by atoms with Gasteiger partial charge in [-0.3, -0.25) is 0 Å². The van der Waals surface area contributed by atoms with Crippen LogP contribution in [-0.4, -0.2) is 16.9 Å². The minimum absolute atomic E-state index is 0.296. The van der Waals surface area contributed by atoms with Gasteiger partial charge in [0.25, 0.3) is 0 Å². The average Bonchev–Trinajstić information content (AvgIpc) is 2.14. The van der Waals surface area contributed by atoms with Crippen LogP contribution in [0.1, 0.15) is 59.8 Å². The lowest BCUT2D eigenvalue weighted by Gasteiger charge is -2.43. The second-order valence-electron chi connectivity index (χ2n) is 5.05. The first-order valence-corrected chi connectivity index (χ1v) is 5.91. The Labute approximate surface area is 96.0 Å². The lowest BCUT2D eigenvalue weighted by molar-refractivity contribution is -0.299. The molecule has 0 fully saturated rings. The van der Waals surface area contributed by atoms with E-state index in [9.17, 15) is 18.3 Å². The minimum Gasteiger partial charge on any atom is -0.380 e. The predicted octanol–water partition coefficient (Wildman–Crippen LogP) is 4.30. The lowest BCUT2D eigenvalue weighted by atomic mass is 9.69. The number of unbranched alkanes of at least 4 members (excludes halogenated alkanes) is 2. The normalized spacial score (nSPS) is 17.2. The summed E-state index contributed by atoms with van der Waals surface area (Å²) in [5.41, 5.74) is -3.71. The zero-order chi connectivity index (χ0) is 13.0. The van der Waals surface area contributed by atoms with Gasteiger partial charge >= 0.3 is 6.18 Å². The number of halogens is 3. The van der Waals surface area contributed by atoms with Gasteiger partial charge in [0.1, 0.15) is 0 Å². The number of aliphatic hydroxyl groups is 1. The van der Waals surface area contributed by atoms with Crippen molar-refractivity contribution in [2.45, 2.75) is 71.6 Å². The van der Waals surface area contributed by atoms with E-state index in [0.717, 1.165) is 19.3 Å². The molecule has 0 aliphatic carbocycles. The van der Waals surface area contributed by atoms with Crippen LogP contribution in [0.15, 0.2) is 0 Å². The fraction of sp³-hybridized carbons (Fsp3) is 1.00. The van der Waals surface area contributed by atoms with E-state index in [1.807, 2.05) is 6.92 Å². The second-order valence-corrected chi connectivity index (χ2v) is 5.05. The molecule has 1 atom stereocenters. The van der Waals surface area contributed by atoms with Gasteiger partial charge in [-0.25, -0.2) is 0 Å². The van der Waals surface area contributed by atoms with Gasteiger partial charge in [-0.1, -0.05) is 47.0 Å². The van der Waals surface area contributed by atoms with Crippen LogP contribution in [0.3, 0.4) is 0 Å². The van der Waals surface area contributed by atoms with Crippen molar-refractivity contribution in [2.75, 3.05) is 0 Å². The highest BCUT2D eigenvalue weighted by Crippen LogP contribution is 2.48. The Kier molecular flexibility index (Phi) is 5.30. The Morgan fingerprint density at radius 3 is 1.81 bits per heavy atom. The molecule has 1 N–H and O–H groups in total. The van der Waals surface area contributed by atoms with E-state index >= 15 is 0 Å². The first-order valence-electron chi connectivity index (χ1n) is 5.91. The molecule has 98 valence electrons. The van der Waals surface area contributed by atoms with Crippen LogP contribution in [0.5, 0.6) is 0 Å². The molecule has 16 heavy (non-hydrogen) atoms. The van der Waals surface area contributed by atoms with Crippen molar-refractivity contribution in [3.8, 4) is 0 Å². The largest absolute Gasteiger partial charge is 0.417 e. The quantitative estimate of drug-likeness (QED) is 0.686. The number of alkyl halides is 3. The monoisotopic (exact) mass is 240 g/mol.